The maximum absolute atomic E-state index is 12.7. The van der Waals surface area contributed by atoms with Gasteiger partial charge in [-0.15, -0.1) is 11.3 Å². The largest absolute Gasteiger partial charge is 0.427 e. The van der Waals surface area contributed by atoms with Gasteiger partial charge in [0.2, 0.25) is 0 Å². The van der Waals surface area contributed by atoms with Crippen LogP contribution in [-0.2, 0) is 9.59 Å². The quantitative estimate of drug-likeness (QED) is 0.410. The van der Waals surface area contributed by atoms with E-state index in [2.05, 4.69) is 0 Å². The van der Waals surface area contributed by atoms with Crippen molar-refractivity contribution in [3.05, 3.63) is 46.6 Å². The lowest BCUT2D eigenvalue weighted by molar-refractivity contribution is -0.132. The highest BCUT2D eigenvalue weighted by Gasteiger charge is 2.15. The van der Waals surface area contributed by atoms with Gasteiger partial charge in [0.1, 0.15) is 11.5 Å². The fraction of sp³-hybridized carbons (Fsp3) is 0.118. The predicted molar refractivity (Wildman–Crippen MR) is 88.2 cm³/mol. The van der Waals surface area contributed by atoms with Crippen molar-refractivity contribution in [2.75, 3.05) is 0 Å². The molecular formula is C17H12O5S. The van der Waals surface area contributed by atoms with Gasteiger partial charge in [-0.05, 0) is 18.2 Å². The van der Waals surface area contributed by atoms with Crippen molar-refractivity contribution < 1.29 is 19.1 Å². The Kier molecular flexibility index (Phi) is 3.83. The first-order valence-electron chi connectivity index (χ1n) is 6.82. The van der Waals surface area contributed by atoms with E-state index in [1.54, 1.807) is 18.2 Å². The Morgan fingerprint density at radius 2 is 1.65 bits per heavy atom. The van der Waals surface area contributed by atoms with Crippen LogP contribution in [0.3, 0.4) is 0 Å². The molecular weight excluding hydrogens is 316 g/mol. The third-order valence-electron chi connectivity index (χ3n) is 3.13. The molecule has 0 aliphatic rings. The van der Waals surface area contributed by atoms with E-state index in [-0.39, 0.29) is 16.9 Å². The molecule has 0 aliphatic carbocycles. The number of hydrogen-bond donors (Lipinski definition) is 0. The molecule has 0 fully saturated rings. The van der Waals surface area contributed by atoms with E-state index in [0.29, 0.717) is 15.5 Å². The van der Waals surface area contributed by atoms with Crippen molar-refractivity contribution in [3.63, 3.8) is 0 Å². The Morgan fingerprint density at radius 1 is 0.957 bits per heavy atom. The van der Waals surface area contributed by atoms with Crippen molar-refractivity contribution in [2.24, 2.45) is 0 Å². The molecule has 0 saturated carbocycles. The molecule has 0 amide bonds. The minimum Gasteiger partial charge on any atom is -0.427 e. The third kappa shape index (κ3) is 2.93. The topological polar surface area (TPSA) is 69.7 Å². The van der Waals surface area contributed by atoms with Crippen molar-refractivity contribution in [3.8, 4) is 11.5 Å². The maximum Gasteiger partial charge on any atom is 0.308 e. The molecule has 0 bridgehead atoms. The summed E-state index contributed by atoms with van der Waals surface area (Å²) in [5.41, 5.74) is -0.222. The van der Waals surface area contributed by atoms with Crippen LogP contribution in [0.2, 0.25) is 0 Å². The van der Waals surface area contributed by atoms with E-state index in [4.69, 9.17) is 9.47 Å². The molecule has 0 atom stereocenters. The molecule has 3 aromatic rings. The lowest BCUT2D eigenvalue weighted by Crippen LogP contribution is -2.09. The lowest BCUT2D eigenvalue weighted by atomic mass is 10.1. The first kappa shape index (κ1) is 15.2. The average molecular weight is 328 g/mol. The second kappa shape index (κ2) is 5.81. The minimum absolute atomic E-state index is 0.0956. The lowest BCUT2D eigenvalue weighted by Gasteiger charge is -2.09. The number of hydrogen-bond acceptors (Lipinski definition) is 6. The molecule has 5 nitrogen and oxygen atoms in total. The zero-order chi connectivity index (χ0) is 16.6. The van der Waals surface area contributed by atoms with Crippen molar-refractivity contribution >= 4 is 43.4 Å². The van der Waals surface area contributed by atoms with Gasteiger partial charge in [-0.25, -0.2) is 0 Å². The van der Waals surface area contributed by atoms with Crippen molar-refractivity contribution in [2.45, 2.75) is 13.8 Å². The van der Waals surface area contributed by atoms with Crippen LogP contribution in [0.15, 0.2) is 41.2 Å². The summed E-state index contributed by atoms with van der Waals surface area (Å²) >= 11 is 1.37. The second-order valence-electron chi connectivity index (χ2n) is 4.91. The molecule has 0 aliphatic heterocycles. The monoisotopic (exact) mass is 328 g/mol. The van der Waals surface area contributed by atoms with E-state index >= 15 is 0 Å². The second-order valence-corrected chi connectivity index (χ2v) is 5.99. The van der Waals surface area contributed by atoms with E-state index in [1.807, 2.05) is 12.1 Å². The fourth-order valence-corrected chi connectivity index (χ4v) is 3.45. The molecule has 2 aromatic carbocycles. The summed E-state index contributed by atoms with van der Waals surface area (Å²) in [4.78, 5) is 35.2. The molecule has 0 N–H and O–H groups in total. The summed E-state index contributed by atoms with van der Waals surface area (Å²) in [7, 11) is 0. The Balaban J connectivity index is 2.39. The number of ether oxygens (including phenoxy) is 2. The number of benzene rings is 2. The van der Waals surface area contributed by atoms with Crippen LogP contribution in [0.5, 0.6) is 11.5 Å². The van der Waals surface area contributed by atoms with E-state index in [9.17, 15) is 14.4 Å². The number of rotatable bonds is 2. The number of esters is 2. The standard InChI is InChI=1S/C17H12O5S/c1-9(18)21-11-7-13(22-10(2)19)16-15(8-11)23-14-6-4-3-5-12(14)17(16)20/h3-8H,1-2H3. The van der Waals surface area contributed by atoms with E-state index < -0.39 is 11.9 Å². The molecule has 1 aromatic heterocycles. The van der Waals surface area contributed by atoms with Gasteiger partial charge in [0.15, 0.2) is 5.43 Å². The van der Waals surface area contributed by atoms with Crippen LogP contribution >= 0.6 is 11.3 Å². The van der Waals surface area contributed by atoms with Gasteiger partial charge < -0.3 is 9.47 Å². The van der Waals surface area contributed by atoms with Crippen LogP contribution in [0, 0.1) is 0 Å². The molecule has 3 rings (SSSR count). The number of carbonyl (C=O) groups excluding carboxylic acids is 2. The van der Waals surface area contributed by atoms with Gasteiger partial charge in [-0.3, -0.25) is 14.4 Å². The smallest absolute Gasteiger partial charge is 0.308 e. The van der Waals surface area contributed by atoms with Gasteiger partial charge in [-0.2, -0.15) is 0 Å². The zero-order valence-electron chi connectivity index (χ0n) is 12.4. The number of fused-ring (bicyclic) bond motifs is 2. The van der Waals surface area contributed by atoms with Gasteiger partial charge in [0, 0.05) is 34.7 Å². The predicted octanol–water partition coefficient (Wildman–Crippen LogP) is 3.27. The fourth-order valence-electron chi connectivity index (χ4n) is 2.33. The molecule has 0 saturated heterocycles. The third-order valence-corrected chi connectivity index (χ3v) is 4.25. The summed E-state index contributed by atoms with van der Waals surface area (Å²) in [6, 6.07) is 10.2. The Hall–Kier alpha value is -2.73. The average Bonchev–Trinajstić information content (AvgIpc) is 2.45. The van der Waals surface area contributed by atoms with Crippen LogP contribution < -0.4 is 14.9 Å². The molecule has 116 valence electrons. The summed E-state index contributed by atoms with van der Waals surface area (Å²) in [6.07, 6.45) is 0. The van der Waals surface area contributed by atoms with Gasteiger partial charge in [0.05, 0.1) is 5.39 Å². The SMILES string of the molecule is CC(=O)Oc1cc(OC(C)=O)c2c(=O)c3ccccc3sc2c1. The normalized spacial score (nSPS) is 10.7. The molecule has 0 spiro atoms. The van der Waals surface area contributed by atoms with Crippen molar-refractivity contribution in [1.29, 1.82) is 0 Å². The first-order valence-corrected chi connectivity index (χ1v) is 7.64. The molecule has 6 heteroatoms. The van der Waals surface area contributed by atoms with Gasteiger partial charge >= 0.3 is 11.9 Å². The number of carbonyl (C=O) groups is 2. The van der Waals surface area contributed by atoms with E-state index in [0.717, 1.165) is 4.70 Å². The molecule has 0 radical (unpaired) electrons. The van der Waals surface area contributed by atoms with Crippen LogP contribution in [-0.4, -0.2) is 11.9 Å². The summed E-state index contributed by atoms with van der Waals surface area (Å²) < 4.78 is 11.6. The molecule has 23 heavy (non-hydrogen) atoms. The zero-order valence-corrected chi connectivity index (χ0v) is 13.2. The van der Waals surface area contributed by atoms with Gasteiger partial charge in [0.25, 0.3) is 0 Å². The van der Waals surface area contributed by atoms with Crippen LogP contribution in [0.1, 0.15) is 13.8 Å². The minimum atomic E-state index is -0.552. The van der Waals surface area contributed by atoms with E-state index in [1.165, 1.54) is 31.3 Å². The first-order chi connectivity index (χ1) is 11.0. The van der Waals surface area contributed by atoms with Gasteiger partial charge in [-0.1, -0.05) is 12.1 Å². The van der Waals surface area contributed by atoms with Crippen LogP contribution in [0.4, 0.5) is 0 Å². The summed E-state index contributed by atoms with van der Waals surface area (Å²) in [5.74, 6) is -0.722. The van der Waals surface area contributed by atoms with Crippen LogP contribution in [0.25, 0.3) is 20.2 Å². The molecule has 1 heterocycles. The highest BCUT2D eigenvalue weighted by atomic mass is 32.1. The molecule has 0 unspecified atom stereocenters. The highest BCUT2D eigenvalue weighted by Crippen LogP contribution is 2.34. The Morgan fingerprint density at radius 3 is 2.35 bits per heavy atom. The van der Waals surface area contributed by atoms with Crippen molar-refractivity contribution in [1.82, 2.24) is 0 Å². The Labute approximate surface area is 135 Å². The maximum atomic E-state index is 12.7. The summed E-state index contributed by atoms with van der Waals surface area (Å²) in [6.45, 7) is 2.53. The Bertz CT molecular complexity index is 1000. The highest BCUT2D eigenvalue weighted by molar-refractivity contribution is 7.24. The summed E-state index contributed by atoms with van der Waals surface area (Å²) in [5, 5.41) is 0.860.